The number of benzene rings is 9. The van der Waals surface area contributed by atoms with E-state index in [0.29, 0.717) is 11.5 Å². The Morgan fingerprint density at radius 2 is 0.938 bits per heavy atom. The molecule has 0 saturated carbocycles. The number of rotatable bonds is 3. The number of fused-ring (bicyclic) bond motifs is 17. The summed E-state index contributed by atoms with van der Waals surface area (Å²) in [6.45, 7) is 0. The van der Waals surface area contributed by atoms with Crippen LogP contribution < -0.4 is 0 Å². The van der Waals surface area contributed by atoms with Crippen LogP contribution in [0.4, 0.5) is 0 Å². The normalized spacial score (nSPS) is 12.4. The minimum Gasteiger partial charge on any atom is -0.452 e. The van der Waals surface area contributed by atoms with Crippen molar-refractivity contribution >= 4 is 87.5 Å². The smallest absolute Gasteiger partial charge is 0.236 e. The number of hydrogen-bond acceptors (Lipinski definition) is 3. The molecule has 9 aromatic carbocycles. The minimum atomic E-state index is 0.591. The quantitative estimate of drug-likeness (QED) is 0.178. The van der Waals surface area contributed by atoms with Gasteiger partial charge in [0, 0.05) is 60.1 Å². The van der Waals surface area contributed by atoms with Crippen LogP contribution in [-0.2, 0) is 0 Å². The SMILES string of the molecule is c1ccc(-n2c3ccccc3c3c(-c4nc(-n5c6ccccc6c6cc7c(cc65)c5cccc6c5n7-c5ccccc5-c5ccccc5-6)nc5c4oc4ccccc45)cccc32)cc1. The van der Waals surface area contributed by atoms with Crippen molar-refractivity contribution in [3.05, 3.63) is 200 Å². The maximum Gasteiger partial charge on any atom is 0.236 e. The Bertz CT molecular complexity index is 4320. The molecule has 15 rings (SSSR count). The maximum absolute atomic E-state index is 6.80. The topological polar surface area (TPSA) is 53.7 Å². The third-order valence-electron chi connectivity index (χ3n) is 13.6. The van der Waals surface area contributed by atoms with Crippen LogP contribution in [0.25, 0.3) is 138 Å². The second-order valence-electron chi connectivity index (χ2n) is 16.9. The number of aromatic nitrogens is 5. The van der Waals surface area contributed by atoms with Crippen LogP contribution in [0.1, 0.15) is 0 Å². The number of hydrogen-bond donors (Lipinski definition) is 0. The van der Waals surface area contributed by atoms with Crippen molar-refractivity contribution in [3.8, 4) is 50.8 Å². The van der Waals surface area contributed by atoms with Gasteiger partial charge in [0.2, 0.25) is 5.95 Å². The highest BCUT2D eigenvalue weighted by Gasteiger charge is 2.28. The van der Waals surface area contributed by atoms with Crippen LogP contribution in [0.3, 0.4) is 0 Å². The molecule has 6 heteroatoms. The third-order valence-corrected chi connectivity index (χ3v) is 13.6. The minimum absolute atomic E-state index is 0.591. The molecule has 5 aromatic heterocycles. The van der Waals surface area contributed by atoms with E-state index in [-0.39, 0.29) is 0 Å². The molecule has 0 amide bonds. The molecule has 0 bridgehead atoms. The van der Waals surface area contributed by atoms with E-state index >= 15 is 0 Å². The molecule has 64 heavy (non-hydrogen) atoms. The van der Waals surface area contributed by atoms with Crippen LogP contribution in [0.5, 0.6) is 0 Å². The van der Waals surface area contributed by atoms with Crippen LogP contribution >= 0.6 is 0 Å². The summed E-state index contributed by atoms with van der Waals surface area (Å²) in [7, 11) is 0. The Morgan fingerprint density at radius 1 is 0.359 bits per heavy atom. The van der Waals surface area contributed by atoms with Crippen LogP contribution in [0.15, 0.2) is 205 Å². The first kappa shape index (κ1) is 33.9. The molecular weight excluding hydrogens is 783 g/mol. The van der Waals surface area contributed by atoms with E-state index in [2.05, 4.69) is 202 Å². The van der Waals surface area contributed by atoms with Crippen molar-refractivity contribution in [3.63, 3.8) is 0 Å². The molecule has 0 aliphatic carbocycles. The van der Waals surface area contributed by atoms with E-state index in [1.54, 1.807) is 0 Å². The number of nitrogens with zero attached hydrogens (tertiary/aromatic N) is 5. The summed E-state index contributed by atoms with van der Waals surface area (Å²) >= 11 is 0. The number of furan rings is 1. The van der Waals surface area contributed by atoms with Crippen molar-refractivity contribution in [1.82, 2.24) is 23.7 Å². The van der Waals surface area contributed by atoms with Crippen molar-refractivity contribution in [2.75, 3.05) is 0 Å². The predicted octanol–water partition coefficient (Wildman–Crippen LogP) is 15.0. The fourth-order valence-electron chi connectivity index (χ4n) is 11.0. The first-order valence-corrected chi connectivity index (χ1v) is 21.8. The van der Waals surface area contributed by atoms with Gasteiger partial charge in [0.25, 0.3) is 0 Å². The highest BCUT2D eigenvalue weighted by atomic mass is 16.3. The summed E-state index contributed by atoms with van der Waals surface area (Å²) in [6, 6.07) is 71.8. The molecule has 0 fully saturated rings. The second-order valence-corrected chi connectivity index (χ2v) is 16.9. The van der Waals surface area contributed by atoms with Gasteiger partial charge in [0.05, 0.1) is 38.8 Å². The average Bonchev–Trinajstić information content (AvgIpc) is 4.07. The Balaban J connectivity index is 1.07. The first-order chi connectivity index (χ1) is 31.8. The summed E-state index contributed by atoms with van der Waals surface area (Å²) in [4.78, 5) is 11.1. The Morgan fingerprint density at radius 3 is 1.78 bits per heavy atom. The zero-order valence-corrected chi connectivity index (χ0v) is 34.2. The van der Waals surface area contributed by atoms with Crippen molar-refractivity contribution in [2.45, 2.75) is 0 Å². The first-order valence-electron chi connectivity index (χ1n) is 21.8. The fraction of sp³-hybridized carbons (Fsp3) is 0. The third kappa shape index (κ3) is 4.38. The molecule has 0 atom stereocenters. The monoisotopic (exact) mass is 815 g/mol. The lowest BCUT2D eigenvalue weighted by Gasteiger charge is -2.12. The molecular formula is C58H33N5O. The molecule has 0 N–H and O–H groups in total. The summed E-state index contributed by atoms with van der Waals surface area (Å²) in [6.07, 6.45) is 0. The molecule has 1 aliphatic rings. The second kappa shape index (κ2) is 12.4. The summed E-state index contributed by atoms with van der Waals surface area (Å²) in [5.41, 5.74) is 17.9. The van der Waals surface area contributed by atoms with Crippen LogP contribution in [0.2, 0.25) is 0 Å². The lowest BCUT2D eigenvalue weighted by molar-refractivity contribution is 0.666. The van der Waals surface area contributed by atoms with E-state index in [1.807, 2.05) is 12.1 Å². The van der Waals surface area contributed by atoms with E-state index in [1.165, 1.54) is 44.2 Å². The van der Waals surface area contributed by atoms with Gasteiger partial charge in [-0.25, -0.2) is 9.97 Å². The number of para-hydroxylation sites is 6. The highest BCUT2D eigenvalue weighted by molar-refractivity contribution is 6.23. The highest BCUT2D eigenvalue weighted by Crippen LogP contribution is 2.49. The zero-order chi connectivity index (χ0) is 41.6. The van der Waals surface area contributed by atoms with E-state index in [9.17, 15) is 0 Å². The molecule has 0 saturated heterocycles. The van der Waals surface area contributed by atoms with Gasteiger partial charge >= 0.3 is 0 Å². The Labute approximate surface area is 365 Å². The lowest BCUT2D eigenvalue weighted by Crippen LogP contribution is -2.03. The van der Waals surface area contributed by atoms with Crippen molar-refractivity contribution in [2.24, 2.45) is 0 Å². The molecule has 14 aromatic rings. The summed E-state index contributed by atoms with van der Waals surface area (Å²) in [5.74, 6) is 0.591. The zero-order valence-electron chi connectivity index (χ0n) is 34.2. The summed E-state index contributed by atoms with van der Waals surface area (Å²) < 4.78 is 13.9. The standard InChI is InChI=1S/C58H33N5O/c1-2-16-34(17-3-1)61-48-29-12-8-22-41(48)53-43(26-15-30-49(53)61)55-57-54(42-23-9-13-31-52(42)64-57)59-58(60-55)63-47-28-11-7-21-38(47)44-32-50-45(33-51(44)63)40-25-14-24-39-36-19-5-4-18-35(36)37-20-6-10-27-46(37)62(50)56(39)40/h1-33H. The van der Waals surface area contributed by atoms with Crippen LogP contribution in [-0.4, -0.2) is 23.7 Å². The van der Waals surface area contributed by atoms with Crippen LogP contribution in [0, 0.1) is 0 Å². The summed E-state index contributed by atoms with van der Waals surface area (Å²) in [5, 5.41) is 7.87. The molecule has 296 valence electrons. The van der Waals surface area contributed by atoms with Gasteiger partial charge in [-0.15, -0.1) is 0 Å². The van der Waals surface area contributed by atoms with Gasteiger partial charge < -0.3 is 13.6 Å². The maximum atomic E-state index is 6.80. The Hall–Kier alpha value is -8.74. The van der Waals surface area contributed by atoms with Gasteiger partial charge in [-0.05, 0) is 71.8 Å². The fourth-order valence-corrected chi connectivity index (χ4v) is 11.0. The Kier molecular flexibility index (Phi) is 6.59. The van der Waals surface area contributed by atoms with Crippen molar-refractivity contribution < 1.29 is 4.42 Å². The molecule has 0 spiro atoms. The van der Waals surface area contributed by atoms with Gasteiger partial charge in [0.1, 0.15) is 16.8 Å². The molecule has 0 unspecified atom stereocenters. The molecule has 6 nitrogen and oxygen atoms in total. The van der Waals surface area contributed by atoms with E-state index in [4.69, 9.17) is 14.4 Å². The average molecular weight is 816 g/mol. The predicted molar refractivity (Wildman–Crippen MR) is 262 cm³/mol. The van der Waals surface area contributed by atoms with Crippen molar-refractivity contribution in [1.29, 1.82) is 0 Å². The van der Waals surface area contributed by atoms with Gasteiger partial charge in [-0.2, -0.15) is 0 Å². The molecule has 6 heterocycles. The van der Waals surface area contributed by atoms with Gasteiger partial charge in [0.15, 0.2) is 5.58 Å². The largest absolute Gasteiger partial charge is 0.452 e. The van der Waals surface area contributed by atoms with Gasteiger partial charge in [-0.1, -0.05) is 140 Å². The van der Waals surface area contributed by atoms with E-state index < -0.39 is 0 Å². The lowest BCUT2D eigenvalue weighted by atomic mass is 9.94. The van der Waals surface area contributed by atoms with E-state index in [0.717, 1.165) is 82.6 Å². The molecule has 0 radical (unpaired) electrons. The molecule has 1 aliphatic heterocycles. The van der Waals surface area contributed by atoms with Gasteiger partial charge in [-0.3, -0.25) is 4.57 Å².